The molecule has 0 aliphatic carbocycles. The van der Waals surface area contributed by atoms with Crippen molar-refractivity contribution < 1.29 is 4.79 Å². The van der Waals surface area contributed by atoms with Crippen LogP contribution in [0.2, 0.25) is 0 Å². The van der Waals surface area contributed by atoms with Crippen molar-refractivity contribution in [1.82, 2.24) is 0 Å². The van der Waals surface area contributed by atoms with Crippen LogP contribution in [0.1, 0.15) is 11.1 Å². The number of rotatable bonds is 2. The summed E-state index contributed by atoms with van der Waals surface area (Å²) < 4.78 is 0. The maximum Gasteiger partial charge on any atom is 0.323 e. The number of urea groups is 1. The molecule has 98 valence electrons. The summed E-state index contributed by atoms with van der Waals surface area (Å²) in [6, 6.07) is 12.8. The van der Waals surface area contributed by atoms with Gasteiger partial charge in [0.15, 0.2) is 0 Å². The van der Waals surface area contributed by atoms with E-state index in [1.54, 1.807) is 0 Å². The van der Waals surface area contributed by atoms with Gasteiger partial charge in [-0.2, -0.15) is 0 Å². The summed E-state index contributed by atoms with van der Waals surface area (Å²) in [4.78, 5) is 11.9. The number of hydrogen-bond donors (Lipinski definition) is 3. The molecule has 2 aromatic rings. The van der Waals surface area contributed by atoms with Crippen molar-refractivity contribution in [3.63, 3.8) is 0 Å². The van der Waals surface area contributed by atoms with Crippen molar-refractivity contribution in [2.45, 2.75) is 13.8 Å². The molecule has 2 amide bonds. The number of nitrogens with two attached hydrogens (primary N) is 1. The Morgan fingerprint density at radius 3 is 2.37 bits per heavy atom. The fraction of sp³-hybridized carbons (Fsp3) is 0.133. The van der Waals surface area contributed by atoms with E-state index in [4.69, 9.17) is 5.73 Å². The third-order valence-electron chi connectivity index (χ3n) is 2.89. The van der Waals surface area contributed by atoms with Crippen LogP contribution < -0.4 is 16.4 Å². The summed E-state index contributed by atoms with van der Waals surface area (Å²) in [5.41, 5.74) is 9.94. The average molecular weight is 255 g/mol. The van der Waals surface area contributed by atoms with E-state index in [0.29, 0.717) is 0 Å². The van der Waals surface area contributed by atoms with Gasteiger partial charge in [-0.25, -0.2) is 4.79 Å². The second-order valence-corrected chi connectivity index (χ2v) is 4.47. The normalized spacial score (nSPS) is 10.0. The standard InChI is InChI=1S/C15H17N3O/c1-10-9-14(11(2)8-13(10)16)18-15(19)17-12-6-4-3-5-7-12/h3-9H,16H2,1-2H3,(H2,17,18,19). The Morgan fingerprint density at radius 1 is 1.00 bits per heavy atom. The van der Waals surface area contributed by atoms with Gasteiger partial charge in [0.2, 0.25) is 0 Å². The number of benzene rings is 2. The predicted molar refractivity (Wildman–Crippen MR) is 79.4 cm³/mol. The van der Waals surface area contributed by atoms with Crippen LogP contribution in [0.3, 0.4) is 0 Å². The van der Waals surface area contributed by atoms with Gasteiger partial charge < -0.3 is 16.4 Å². The molecule has 2 aromatic carbocycles. The maximum atomic E-state index is 11.9. The molecule has 0 fully saturated rings. The smallest absolute Gasteiger partial charge is 0.323 e. The van der Waals surface area contributed by atoms with Crippen molar-refractivity contribution in [3.8, 4) is 0 Å². The van der Waals surface area contributed by atoms with E-state index in [-0.39, 0.29) is 6.03 Å². The molecule has 4 heteroatoms. The van der Waals surface area contributed by atoms with Gasteiger partial charge in [0.05, 0.1) is 0 Å². The van der Waals surface area contributed by atoms with Crippen LogP contribution in [0.25, 0.3) is 0 Å². The molecule has 2 rings (SSSR count). The van der Waals surface area contributed by atoms with Crippen LogP contribution in [0, 0.1) is 13.8 Å². The summed E-state index contributed by atoms with van der Waals surface area (Å²) in [7, 11) is 0. The number of nitrogen functional groups attached to an aromatic ring is 1. The van der Waals surface area contributed by atoms with Crippen molar-refractivity contribution in [3.05, 3.63) is 53.6 Å². The Kier molecular flexibility index (Phi) is 3.71. The molecule has 0 aliphatic rings. The summed E-state index contributed by atoms with van der Waals surface area (Å²) >= 11 is 0. The minimum Gasteiger partial charge on any atom is -0.399 e. The monoisotopic (exact) mass is 255 g/mol. The lowest BCUT2D eigenvalue weighted by atomic mass is 10.1. The Morgan fingerprint density at radius 2 is 1.68 bits per heavy atom. The molecular weight excluding hydrogens is 238 g/mol. The molecule has 0 atom stereocenters. The van der Waals surface area contributed by atoms with Gasteiger partial charge >= 0.3 is 6.03 Å². The molecular formula is C15H17N3O. The van der Waals surface area contributed by atoms with E-state index < -0.39 is 0 Å². The number of carbonyl (C=O) groups is 1. The lowest BCUT2D eigenvalue weighted by Gasteiger charge is -2.12. The van der Waals surface area contributed by atoms with Gasteiger partial charge in [0.25, 0.3) is 0 Å². The number of amides is 2. The molecule has 0 heterocycles. The molecule has 0 bridgehead atoms. The van der Waals surface area contributed by atoms with Crippen molar-refractivity contribution >= 4 is 23.1 Å². The van der Waals surface area contributed by atoms with E-state index in [1.165, 1.54) is 0 Å². The van der Waals surface area contributed by atoms with Crippen molar-refractivity contribution in [2.75, 3.05) is 16.4 Å². The van der Waals surface area contributed by atoms with Gasteiger partial charge in [-0.1, -0.05) is 18.2 Å². The molecule has 0 spiro atoms. The number of aryl methyl sites for hydroxylation is 2. The summed E-state index contributed by atoms with van der Waals surface area (Å²) in [6.07, 6.45) is 0. The van der Waals surface area contributed by atoms with E-state index >= 15 is 0 Å². The van der Waals surface area contributed by atoms with Gasteiger partial charge in [-0.15, -0.1) is 0 Å². The van der Waals surface area contributed by atoms with Crippen LogP contribution >= 0.6 is 0 Å². The number of carbonyl (C=O) groups excluding carboxylic acids is 1. The van der Waals surface area contributed by atoms with Crippen molar-refractivity contribution in [1.29, 1.82) is 0 Å². The molecule has 0 saturated carbocycles. The summed E-state index contributed by atoms with van der Waals surface area (Å²) in [5.74, 6) is 0. The van der Waals surface area contributed by atoms with Crippen LogP contribution in [-0.2, 0) is 0 Å². The Hall–Kier alpha value is -2.49. The lowest BCUT2D eigenvalue weighted by molar-refractivity contribution is 0.262. The Balaban J connectivity index is 2.09. The van der Waals surface area contributed by atoms with Gasteiger partial charge in [-0.3, -0.25) is 0 Å². The molecule has 4 nitrogen and oxygen atoms in total. The largest absolute Gasteiger partial charge is 0.399 e. The molecule has 0 saturated heterocycles. The van der Waals surface area contributed by atoms with Gasteiger partial charge in [-0.05, 0) is 49.2 Å². The van der Waals surface area contributed by atoms with E-state index in [0.717, 1.165) is 28.2 Å². The maximum absolute atomic E-state index is 11.9. The Labute approximate surface area is 112 Å². The first-order chi connectivity index (χ1) is 9.06. The fourth-order valence-electron chi connectivity index (χ4n) is 1.78. The van der Waals surface area contributed by atoms with Gasteiger partial charge in [0, 0.05) is 17.1 Å². The quantitative estimate of drug-likeness (QED) is 0.719. The van der Waals surface area contributed by atoms with E-state index in [1.807, 2.05) is 56.3 Å². The number of nitrogens with one attached hydrogen (secondary N) is 2. The second kappa shape index (κ2) is 5.44. The van der Waals surface area contributed by atoms with Crippen LogP contribution in [0.4, 0.5) is 21.9 Å². The highest BCUT2D eigenvalue weighted by Gasteiger charge is 2.06. The first kappa shape index (κ1) is 13.0. The Bertz CT molecular complexity index is 594. The molecule has 19 heavy (non-hydrogen) atoms. The topological polar surface area (TPSA) is 67.2 Å². The van der Waals surface area contributed by atoms with Crippen LogP contribution in [-0.4, -0.2) is 6.03 Å². The highest BCUT2D eigenvalue weighted by Crippen LogP contribution is 2.22. The van der Waals surface area contributed by atoms with Crippen LogP contribution in [0.5, 0.6) is 0 Å². The van der Waals surface area contributed by atoms with Crippen molar-refractivity contribution in [2.24, 2.45) is 0 Å². The minimum atomic E-state index is -0.265. The average Bonchev–Trinajstić information content (AvgIpc) is 2.37. The molecule has 0 unspecified atom stereocenters. The zero-order valence-electron chi connectivity index (χ0n) is 11.0. The molecule has 0 aliphatic heterocycles. The summed E-state index contributed by atoms with van der Waals surface area (Å²) in [6.45, 7) is 3.82. The highest BCUT2D eigenvalue weighted by atomic mass is 16.2. The second-order valence-electron chi connectivity index (χ2n) is 4.47. The SMILES string of the molecule is Cc1cc(NC(=O)Nc2ccccc2)c(C)cc1N. The molecule has 4 N–H and O–H groups in total. The molecule has 0 aromatic heterocycles. The lowest BCUT2D eigenvalue weighted by Crippen LogP contribution is -2.20. The van der Waals surface area contributed by atoms with Crippen LogP contribution in [0.15, 0.2) is 42.5 Å². The first-order valence-electron chi connectivity index (χ1n) is 6.06. The summed E-state index contributed by atoms with van der Waals surface area (Å²) in [5, 5.41) is 5.59. The first-order valence-corrected chi connectivity index (χ1v) is 6.06. The zero-order chi connectivity index (χ0) is 13.8. The number of para-hydroxylation sites is 1. The molecule has 0 radical (unpaired) electrons. The number of anilines is 3. The van der Waals surface area contributed by atoms with E-state index in [9.17, 15) is 4.79 Å². The zero-order valence-corrected chi connectivity index (χ0v) is 11.0. The minimum absolute atomic E-state index is 0.265. The number of hydrogen-bond acceptors (Lipinski definition) is 2. The van der Waals surface area contributed by atoms with E-state index in [2.05, 4.69) is 10.6 Å². The van der Waals surface area contributed by atoms with Gasteiger partial charge in [0.1, 0.15) is 0 Å². The predicted octanol–water partition coefficient (Wildman–Crippen LogP) is 3.53. The highest BCUT2D eigenvalue weighted by molar-refractivity contribution is 6.00. The fourth-order valence-corrected chi connectivity index (χ4v) is 1.78. The third kappa shape index (κ3) is 3.25. The third-order valence-corrected chi connectivity index (χ3v) is 2.89.